The van der Waals surface area contributed by atoms with Gasteiger partial charge in [-0.1, -0.05) is 107 Å². The summed E-state index contributed by atoms with van der Waals surface area (Å²) in [6, 6.07) is 24.0. The summed E-state index contributed by atoms with van der Waals surface area (Å²) < 4.78 is 4.25. The molecule has 1 heteroatoms. The summed E-state index contributed by atoms with van der Waals surface area (Å²) in [5.74, 6) is 0. The summed E-state index contributed by atoms with van der Waals surface area (Å²) in [4.78, 5) is 0. The van der Waals surface area contributed by atoms with Gasteiger partial charge in [0.25, 0.3) is 0 Å². The van der Waals surface area contributed by atoms with Gasteiger partial charge in [-0.05, 0) is 0 Å². The molecule has 0 N–H and O–H groups in total. The van der Waals surface area contributed by atoms with E-state index in [1.165, 1.54) is 6.42 Å². The second-order valence-electron chi connectivity index (χ2n) is 3.42. The van der Waals surface area contributed by atoms with Crippen LogP contribution in [0.4, 0.5) is 0 Å². The van der Waals surface area contributed by atoms with Gasteiger partial charge in [0, 0.05) is 14.2 Å². The molecule has 1 nitrogen and oxygen atoms in total. The van der Waals surface area contributed by atoms with Crippen LogP contribution in [0.15, 0.2) is 72.8 Å². The maximum absolute atomic E-state index is 4.25. The minimum Gasteiger partial charge on any atom is -0.388 e. The lowest BCUT2D eigenvalue weighted by Gasteiger charge is -1.69. The van der Waals surface area contributed by atoms with E-state index in [0.717, 1.165) is 0 Å². The van der Waals surface area contributed by atoms with Crippen molar-refractivity contribution in [3.05, 3.63) is 72.8 Å². The number of rotatable bonds is 0. The van der Waals surface area contributed by atoms with E-state index in [1.54, 1.807) is 14.2 Å². The maximum Gasteiger partial charge on any atom is 0.0351 e. The highest BCUT2D eigenvalue weighted by molar-refractivity contribution is 4.99. The normalized spacial score (nSPS) is 6.90. The molecule has 0 aliphatic carbocycles. The van der Waals surface area contributed by atoms with Crippen molar-refractivity contribution in [3.8, 4) is 0 Å². The fourth-order valence-electron chi connectivity index (χ4n) is 0.770. The van der Waals surface area contributed by atoms with Gasteiger partial charge in [0.05, 0.1) is 0 Å². The number of hydrogen-bond acceptors (Lipinski definition) is 1. The standard InChI is InChI=1S/2C6H6.C3H8.C2H6O.C2H6/c2*1-2-4-6-5-3-1;2*1-3-2;1-2/h2*1-6H;3H2,1-2H3;1-2H3;1-2H3. The van der Waals surface area contributed by atoms with Crippen LogP contribution in [0.3, 0.4) is 0 Å². The van der Waals surface area contributed by atoms with Crippen molar-refractivity contribution in [1.82, 2.24) is 0 Å². The molecule has 2 rings (SSSR count). The number of hydrogen-bond donors (Lipinski definition) is 0. The zero-order valence-corrected chi connectivity index (χ0v) is 14.0. The minimum atomic E-state index is 1.25. The van der Waals surface area contributed by atoms with E-state index in [9.17, 15) is 0 Å². The van der Waals surface area contributed by atoms with E-state index >= 15 is 0 Å². The van der Waals surface area contributed by atoms with Crippen LogP contribution in [0.25, 0.3) is 0 Å². The first-order valence-corrected chi connectivity index (χ1v) is 7.23. The molecule has 20 heavy (non-hydrogen) atoms. The van der Waals surface area contributed by atoms with Gasteiger partial charge in [0.15, 0.2) is 0 Å². The van der Waals surface area contributed by atoms with Gasteiger partial charge in [-0.25, -0.2) is 0 Å². The van der Waals surface area contributed by atoms with Crippen molar-refractivity contribution >= 4 is 0 Å². The molecule has 114 valence electrons. The Hall–Kier alpha value is -1.60. The Morgan fingerprint density at radius 3 is 0.600 bits per heavy atom. The van der Waals surface area contributed by atoms with Gasteiger partial charge in [-0.2, -0.15) is 0 Å². The predicted octanol–water partition coefficient (Wildman–Crippen LogP) is 6.08. The molecule has 0 bridgehead atoms. The van der Waals surface area contributed by atoms with Crippen molar-refractivity contribution in [2.45, 2.75) is 34.1 Å². The Labute approximate surface area is 126 Å². The minimum absolute atomic E-state index is 1.25. The molecule has 0 heterocycles. The Morgan fingerprint density at radius 1 is 0.500 bits per heavy atom. The second-order valence-corrected chi connectivity index (χ2v) is 3.42. The van der Waals surface area contributed by atoms with Crippen molar-refractivity contribution < 1.29 is 4.74 Å². The van der Waals surface area contributed by atoms with E-state index in [0.29, 0.717) is 0 Å². The first-order valence-electron chi connectivity index (χ1n) is 7.23. The van der Waals surface area contributed by atoms with E-state index in [1.807, 2.05) is 86.6 Å². The highest BCUT2D eigenvalue weighted by atomic mass is 16.4. The predicted molar refractivity (Wildman–Crippen MR) is 93.1 cm³/mol. The van der Waals surface area contributed by atoms with Crippen molar-refractivity contribution in [2.75, 3.05) is 14.2 Å². The number of ether oxygens (including phenoxy) is 1. The molecule has 0 unspecified atom stereocenters. The van der Waals surface area contributed by atoms with Crippen LogP contribution in [0.2, 0.25) is 0 Å². The summed E-state index contributed by atoms with van der Waals surface area (Å²) in [6.07, 6.45) is 1.25. The largest absolute Gasteiger partial charge is 0.388 e. The molecule has 0 saturated carbocycles. The fraction of sp³-hybridized carbons (Fsp3) is 0.368. The molecule has 0 saturated heterocycles. The smallest absolute Gasteiger partial charge is 0.0351 e. The summed E-state index contributed by atoms with van der Waals surface area (Å²) in [7, 11) is 3.25. The highest BCUT2D eigenvalue weighted by Crippen LogP contribution is 1.80. The van der Waals surface area contributed by atoms with E-state index in [-0.39, 0.29) is 0 Å². The van der Waals surface area contributed by atoms with Crippen molar-refractivity contribution in [1.29, 1.82) is 0 Å². The van der Waals surface area contributed by atoms with Crippen LogP contribution < -0.4 is 0 Å². The first-order chi connectivity index (χ1) is 9.83. The molecule has 0 radical (unpaired) electrons. The van der Waals surface area contributed by atoms with Crippen LogP contribution in [0, 0.1) is 0 Å². The van der Waals surface area contributed by atoms with Gasteiger partial charge in [0.2, 0.25) is 0 Å². The monoisotopic (exact) mass is 276 g/mol. The van der Waals surface area contributed by atoms with Gasteiger partial charge in [0.1, 0.15) is 0 Å². The lowest BCUT2D eigenvalue weighted by atomic mass is 10.4. The average molecular weight is 276 g/mol. The molecule has 2 aromatic carbocycles. The maximum atomic E-state index is 4.25. The molecule has 2 aromatic rings. The molecule has 0 amide bonds. The summed E-state index contributed by atoms with van der Waals surface area (Å²) >= 11 is 0. The Balaban J connectivity index is -0.000000195. The molecule has 0 aromatic heterocycles. The Morgan fingerprint density at radius 2 is 0.550 bits per heavy atom. The summed E-state index contributed by atoms with van der Waals surface area (Å²) in [5.41, 5.74) is 0. The van der Waals surface area contributed by atoms with Crippen LogP contribution >= 0.6 is 0 Å². The average Bonchev–Trinajstić information content (AvgIpc) is 2.55. The van der Waals surface area contributed by atoms with Crippen LogP contribution in [0.5, 0.6) is 0 Å². The third kappa shape index (κ3) is 36.0. The van der Waals surface area contributed by atoms with Crippen LogP contribution in [-0.4, -0.2) is 14.2 Å². The van der Waals surface area contributed by atoms with Crippen LogP contribution in [-0.2, 0) is 4.74 Å². The fourth-order valence-corrected chi connectivity index (χ4v) is 0.770. The zero-order chi connectivity index (χ0) is 15.9. The summed E-state index contributed by atoms with van der Waals surface area (Å²) in [6.45, 7) is 8.25. The second kappa shape index (κ2) is 30.4. The van der Waals surface area contributed by atoms with Gasteiger partial charge < -0.3 is 4.74 Å². The molecular weight excluding hydrogens is 244 g/mol. The van der Waals surface area contributed by atoms with Crippen molar-refractivity contribution in [2.24, 2.45) is 0 Å². The number of methoxy groups -OCH3 is 1. The molecule has 0 spiro atoms. The van der Waals surface area contributed by atoms with E-state index in [4.69, 9.17) is 0 Å². The van der Waals surface area contributed by atoms with Gasteiger partial charge in [-0.15, -0.1) is 0 Å². The highest BCUT2D eigenvalue weighted by Gasteiger charge is 1.58. The topological polar surface area (TPSA) is 9.23 Å². The third-order valence-corrected chi connectivity index (χ3v) is 1.33. The Bertz CT molecular complexity index is 205. The SMILES string of the molecule is CC.CCC.COC.c1ccccc1.c1ccccc1. The first kappa shape index (κ1) is 23.5. The van der Waals surface area contributed by atoms with Gasteiger partial charge in [-0.3, -0.25) is 0 Å². The van der Waals surface area contributed by atoms with Crippen LogP contribution in [0.1, 0.15) is 34.1 Å². The molecule has 0 aliphatic heterocycles. The number of benzene rings is 2. The molecule has 0 fully saturated rings. The zero-order valence-electron chi connectivity index (χ0n) is 14.0. The quantitative estimate of drug-likeness (QED) is 0.566. The molecule has 0 aliphatic rings. The van der Waals surface area contributed by atoms with E-state index in [2.05, 4.69) is 18.6 Å². The molecular formula is C19H32O. The van der Waals surface area contributed by atoms with E-state index < -0.39 is 0 Å². The van der Waals surface area contributed by atoms with Gasteiger partial charge >= 0.3 is 0 Å². The lowest BCUT2D eigenvalue weighted by molar-refractivity contribution is 0.277. The molecule has 0 atom stereocenters. The third-order valence-electron chi connectivity index (χ3n) is 1.33. The van der Waals surface area contributed by atoms with Crippen molar-refractivity contribution in [3.63, 3.8) is 0 Å². The summed E-state index contributed by atoms with van der Waals surface area (Å²) in [5, 5.41) is 0. The lowest BCUT2D eigenvalue weighted by Crippen LogP contribution is -1.55. The Kier molecular flexibility index (Phi) is 35.7.